The third-order valence-electron chi connectivity index (χ3n) is 2.79. The molecule has 0 saturated heterocycles. The summed E-state index contributed by atoms with van der Waals surface area (Å²) < 4.78 is 10.1. The largest absolute Gasteiger partial charge is 0.495 e. The van der Waals surface area contributed by atoms with Gasteiger partial charge in [0.15, 0.2) is 0 Å². The minimum atomic E-state index is -0.842. The molecule has 18 heavy (non-hydrogen) atoms. The zero-order valence-electron chi connectivity index (χ0n) is 11.2. The number of hydrogen-bond acceptors (Lipinski definition) is 5. The predicted molar refractivity (Wildman–Crippen MR) is 73.0 cm³/mol. The average Bonchev–Trinajstić information content (AvgIpc) is 2.35. The van der Waals surface area contributed by atoms with Crippen LogP contribution in [0, 0.1) is 0 Å². The van der Waals surface area contributed by atoms with Gasteiger partial charge in [0.2, 0.25) is 0 Å². The van der Waals surface area contributed by atoms with Crippen LogP contribution in [0.15, 0.2) is 18.2 Å². The van der Waals surface area contributed by atoms with Gasteiger partial charge in [0.05, 0.1) is 24.1 Å². The van der Waals surface area contributed by atoms with E-state index in [4.69, 9.17) is 15.2 Å². The van der Waals surface area contributed by atoms with E-state index in [2.05, 4.69) is 5.32 Å². The number of para-hydroxylation sites is 1. The number of nitrogens with one attached hydrogen (secondary N) is 1. The topological polar surface area (TPSA) is 76.7 Å². The lowest BCUT2D eigenvalue weighted by Gasteiger charge is -2.24. The fourth-order valence-electron chi connectivity index (χ4n) is 1.57. The van der Waals surface area contributed by atoms with Crippen LogP contribution in [-0.2, 0) is 4.74 Å². The molecule has 0 aromatic heterocycles. The summed E-state index contributed by atoms with van der Waals surface area (Å²) in [6, 6.07) is 5.50. The Morgan fingerprint density at radius 3 is 2.72 bits per heavy atom. The van der Waals surface area contributed by atoms with E-state index in [9.17, 15) is 5.11 Å². The van der Waals surface area contributed by atoms with Gasteiger partial charge < -0.3 is 25.6 Å². The van der Waals surface area contributed by atoms with Crippen LogP contribution in [0.2, 0.25) is 0 Å². The molecule has 1 aromatic carbocycles. The molecule has 4 N–H and O–H groups in total. The summed E-state index contributed by atoms with van der Waals surface area (Å²) in [6.07, 6.45) is 0.556. The fraction of sp³-hybridized carbons (Fsp3) is 0.538. The normalized spacial score (nSPS) is 14.0. The van der Waals surface area contributed by atoms with Gasteiger partial charge >= 0.3 is 0 Å². The summed E-state index contributed by atoms with van der Waals surface area (Å²) in [4.78, 5) is 0. The van der Waals surface area contributed by atoms with Crippen molar-refractivity contribution >= 4 is 11.4 Å². The van der Waals surface area contributed by atoms with Gasteiger partial charge in [-0.2, -0.15) is 0 Å². The Morgan fingerprint density at radius 1 is 1.39 bits per heavy atom. The first kappa shape index (κ1) is 14.6. The molecule has 0 spiro atoms. The number of ether oxygens (including phenoxy) is 2. The fourth-order valence-corrected chi connectivity index (χ4v) is 1.57. The molecule has 1 aromatic rings. The number of aliphatic hydroxyl groups is 1. The molecule has 1 atom stereocenters. The van der Waals surface area contributed by atoms with E-state index in [0.717, 1.165) is 5.69 Å². The second-order valence-corrected chi connectivity index (χ2v) is 4.51. The number of anilines is 2. The Kier molecular flexibility index (Phi) is 5.25. The van der Waals surface area contributed by atoms with Crippen molar-refractivity contribution in [3.63, 3.8) is 0 Å². The second kappa shape index (κ2) is 6.47. The Morgan fingerprint density at radius 2 is 2.11 bits per heavy atom. The predicted octanol–water partition coefficient (Wildman–Crippen LogP) is 1.48. The molecular weight excluding hydrogens is 232 g/mol. The lowest BCUT2D eigenvalue weighted by molar-refractivity contribution is 0.0358. The molecule has 0 amide bonds. The molecule has 0 aliphatic heterocycles. The summed E-state index contributed by atoms with van der Waals surface area (Å²) in [6.45, 7) is 2.67. The molecule has 1 unspecified atom stereocenters. The Bertz CT molecular complexity index is 380. The van der Waals surface area contributed by atoms with Crippen LogP contribution in [-0.4, -0.2) is 38.1 Å². The molecule has 0 saturated carbocycles. The first-order chi connectivity index (χ1) is 8.50. The summed E-state index contributed by atoms with van der Waals surface area (Å²) in [5.74, 6) is 0.622. The van der Waals surface area contributed by atoms with Crippen molar-refractivity contribution in [1.82, 2.24) is 0 Å². The van der Waals surface area contributed by atoms with Crippen molar-refractivity contribution in [2.45, 2.75) is 18.9 Å². The summed E-state index contributed by atoms with van der Waals surface area (Å²) in [5, 5.41) is 13.2. The van der Waals surface area contributed by atoms with Gasteiger partial charge in [-0.25, -0.2) is 0 Å². The number of hydrogen-bond donors (Lipinski definition) is 3. The highest BCUT2D eigenvalue weighted by Crippen LogP contribution is 2.29. The molecule has 0 radical (unpaired) electrons. The van der Waals surface area contributed by atoms with Crippen LogP contribution in [0.5, 0.6) is 5.75 Å². The lowest BCUT2D eigenvalue weighted by atomic mass is 10.0. The van der Waals surface area contributed by atoms with Crippen molar-refractivity contribution in [2.75, 3.05) is 38.4 Å². The first-order valence-electron chi connectivity index (χ1n) is 5.88. The van der Waals surface area contributed by atoms with Gasteiger partial charge in [-0.15, -0.1) is 0 Å². The van der Waals surface area contributed by atoms with Crippen molar-refractivity contribution in [2.24, 2.45) is 0 Å². The quantitative estimate of drug-likeness (QED) is 0.642. The zero-order chi connectivity index (χ0) is 13.6. The maximum atomic E-state index is 10.1. The maximum absolute atomic E-state index is 10.1. The molecule has 5 nitrogen and oxygen atoms in total. The molecule has 0 aliphatic rings. The van der Waals surface area contributed by atoms with E-state index < -0.39 is 5.60 Å². The highest BCUT2D eigenvalue weighted by molar-refractivity contribution is 5.72. The van der Waals surface area contributed by atoms with E-state index in [1.165, 1.54) is 0 Å². The van der Waals surface area contributed by atoms with Crippen molar-refractivity contribution in [3.8, 4) is 5.75 Å². The van der Waals surface area contributed by atoms with Crippen LogP contribution in [0.4, 0.5) is 11.4 Å². The third kappa shape index (κ3) is 4.09. The molecule has 5 heteroatoms. The van der Waals surface area contributed by atoms with E-state index in [1.54, 1.807) is 27.2 Å². The van der Waals surface area contributed by atoms with E-state index >= 15 is 0 Å². The van der Waals surface area contributed by atoms with Crippen LogP contribution < -0.4 is 15.8 Å². The smallest absolute Gasteiger partial charge is 0.143 e. The van der Waals surface area contributed by atoms with Gasteiger partial charge in [0.1, 0.15) is 5.75 Å². The number of methoxy groups -OCH3 is 2. The van der Waals surface area contributed by atoms with Gasteiger partial charge in [-0.1, -0.05) is 6.07 Å². The minimum Gasteiger partial charge on any atom is -0.495 e. The summed E-state index contributed by atoms with van der Waals surface area (Å²) >= 11 is 0. The van der Waals surface area contributed by atoms with E-state index in [-0.39, 0.29) is 0 Å². The zero-order valence-corrected chi connectivity index (χ0v) is 11.2. The molecule has 102 valence electrons. The van der Waals surface area contributed by atoms with Crippen LogP contribution >= 0.6 is 0 Å². The summed E-state index contributed by atoms with van der Waals surface area (Å²) in [7, 11) is 3.19. The first-order valence-corrected chi connectivity index (χ1v) is 5.88. The van der Waals surface area contributed by atoms with Crippen LogP contribution in [0.25, 0.3) is 0 Å². The minimum absolute atomic E-state index is 0.397. The molecule has 1 rings (SSSR count). The van der Waals surface area contributed by atoms with Gasteiger partial charge in [0.25, 0.3) is 0 Å². The van der Waals surface area contributed by atoms with Crippen molar-refractivity contribution < 1.29 is 14.6 Å². The molecule has 0 fully saturated rings. The number of benzene rings is 1. The third-order valence-corrected chi connectivity index (χ3v) is 2.79. The monoisotopic (exact) mass is 254 g/mol. The van der Waals surface area contributed by atoms with Crippen molar-refractivity contribution in [3.05, 3.63) is 18.2 Å². The number of nitrogen functional groups attached to an aromatic ring is 1. The average molecular weight is 254 g/mol. The Labute approximate surface area is 108 Å². The SMILES string of the molecule is COCCC(C)(O)CNc1cccc(OC)c1N. The molecule has 0 aliphatic carbocycles. The Hall–Kier alpha value is -1.46. The lowest BCUT2D eigenvalue weighted by Crippen LogP contribution is -2.34. The van der Waals surface area contributed by atoms with Crippen LogP contribution in [0.1, 0.15) is 13.3 Å². The summed E-state index contributed by atoms with van der Waals surface area (Å²) in [5.41, 5.74) is 6.39. The van der Waals surface area contributed by atoms with Crippen LogP contribution in [0.3, 0.4) is 0 Å². The van der Waals surface area contributed by atoms with Gasteiger partial charge in [0, 0.05) is 26.7 Å². The van der Waals surface area contributed by atoms with Crippen molar-refractivity contribution in [1.29, 1.82) is 0 Å². The number of rotatable bonds is 7. The van der Waals surface area contributed by atoms with E-state index in [1.807, 2.05) is 12.1 Å². The standard InChI is InChI=1S/C13H22N2O3/c1-13(16,7-8-17-2)9-15-10-5-4-6-11(18-3)12(10)14/h4-6,15-16H,7-9,14H2,1-3H3. The molecule has 0 bridgehead atoms. The highest BCUT2D eigenvalue weighted by Gasteiger charge is 2.20. The highest BCUT2D eigenvalue weighted by atomic mass is 16.5. The Balaban J connectivity index is 2.63. The molecular formula is C13H22N2O3. The van der Waals surface area contributed by atoms with Gasteiger partial charge in [-0.05, 0) is 19.1 Å². The van der Waals surface area contributed by atoms with E-state index in [0.29, 0.717) is 31.0 Å². The van der Waals surface area contributed by atoms with Gasteiger partial charge in [-0.3, -0.25) is 0 Å². The number of nitrogens with two attached hydrogens (primary N) is 1. The molecule has 0 heterocycles. The maximum Gasteiger partial charge on any atom is 0.143 e. The second-order valence-electron chi connectivity index (χ2n) is 4.51.